The summed E-state index contributed by atoms with van der Waals surface area (Å²) in [6.45, 7) is 0. The summed E-state index contributed by atoms with van der Waals surface area (Å²) in [5.41, 5.74) is -0.633. The van der Waals surface area contributed by atoms with Gasteiger partial charge in [-0.2, -0.15) is 0 Å². The van der Waals surface area contributed by atoms with Crippen molar-refractivity contribution >= 4 is 24.0 Å². The second-order valence-corrected chi connectivity index (χ2v) is 9.24. The smallest absolute Gasteiger partial charge is 0.411 e. The Balaban J connectivity index is 1.98. The second kappa shape index (κ2) is 11.5. The lowest BCUT2D eigenvalue weighted by atomic mass is 9.67. The second-order valence-electron chi connectivity index (χ2n) is 9.24. The van der Waals surface area contributed by atoms with Crippen LogP contribution in [0.5, 0.6) is 0 Å². The summed E-state index contributed by atoms with van der Waals surface area (Å²) in [6.07, 6.45) is 2.59. The zero-order valence-electron chi connectivity index (χ0n) is 21.6. The Morgan fingerprint density at radius 3 is 2.00 bits per heavy atom. The van der Waals surface area contributed by atoms with Crippen molar-refractivity contribution in [2.24, 2.45) is 11.3 Å². The van der Waals surface area contributed by atoms with Crippen LogP contribution >= 0.6 is 0 Å². The average molecular weight is 522 g/mol. The fourth-order valence-corrected chi connectivity index (χ4v) is 5.67. The molecule has 200 valence electrons. The Morgan fingerprint density at radius 2 is 1.50 bits per heavy atom. The van der Waals surface area contributed by atoms with E-state index in [4.69, 9.17) is 18.9 Å². The zero-order valence-corrected chi connectivity index (χ0v) is 21.6. The molecule has 0 radical (unpaired) electrons. The first-order chi connectivity index (χ1) is 18.4. The van der Waals surface area contributed by atoms with Gasteiger partial charge in [0.25, 0.3) is 0 Å². The van der Waals surface area contributed by atoms with Crippen molar-refractivity contribution in [1.29, 1.82) is 0 Å². The van der Waals surface area contributed by atoms with Gasteiger partial charge in [-0.15, -0.1) is 0 Å². The minimum atomic E-state index is -2.05. The first-order valence-corrected chi connectivity index (χ1v) is 12.4. The van der Waals surface area contributed by atoms with Crippen LogP contribution in [-0.2, 0) is 33.3 Å². The van der Waals surface area contributed by atoms with Crippen LogP contribution in [0.1, 0.15) is 42.5 Å². The summed E-state index contributed by atoms with van der Waals surface area (Å²) in [5.74, 6) is -3.22. The van der Waals surface area contributed by atoms with Gasteiger partial charge in [-0.25, -0.2) is 4.79 Å². The standard InChI is InChI=1S/C29H31NO8/c1-35-23(31)18-22(29(26(32)36-2,27(33)37-3)21-16-10-11-17-21)30-24(19-12-6-4-7-13-19)25(38-28(30)34)20-14-8-5-9-15-20/h4-10,12-16,21-22,24-25H,11,17-18H2,1-3H3/t21?,22-,24+,25-/m1/s1. The molecule has 1 unspecified atom stereocenters. The Bertz CT molecular complexity index is 1180. The highest BCUT2D eigenvalue weighted by Gasteiger charge is 2.65. The molecule has 2 aromatic carbocycles. The lowest BCUT2D eigenvalue weighted by Gasteiger charge is -2.44. The maximum Gasteiger partial charge on any atom is 0.411 e. The number of methoxy groups -OCH3 is 3. The zero-order chi connectivity index (χ0) is 27.3. The van der Waals surface area contributed by atoms with Crippen molar-refractivity contribution in [1.82, 2.24) is 4.90 Å². The van der Waals surface area contributed by atoms with Gasteiger partial charge in [-0.05, 0) is 24.0 Å². The Kier molecular flexibility index (Phi) is 8.14. The minimum absolute atomic E-state index is 0.420. The van der Waals surface area contributed by atoms with E-state index in [1.807, 2.05) is 66.7 Å². The van der Waals surface area contributed by atoms with Crippen molar-refractivity contribution in [3.63, 3.8) is 0 Å². The van der Waals surface area contributed by atoms with Gasteiger partial charge in [-0.1, -0.05) is 72.8 Å². The molecule has 2 aliphatic rings. The number of nitrogens with zero attached hydrogens (tertiary/aromatic N) is 1. The third-order valence-electron chi connectivity index (χ3n) is 7.39. The SMILES string of the molecule is COC(=O)C[C@@H](N1C(=O)O[C@H](c2ccccc2)[C@@H]1c1ccccc1)C(C(=O)OC)(C(=O)OC)C1C=CCC1. The third kappa shape index (κ3) is 4.64. The van der Waals surface area contributed by atoms with E-state index in [9.17, 15) is 19.2 Å². The van der Waals surface area contributed by atoms with Crippen LogP contribution in [0.15, 0.2) is 72.8 Å². The highest BCUT2D eigenvalue weighted by atomic mass is 16.6. The number of carbonyl (C=O) groups excluding carboxylic acids is 4. The van der Waals surface area contributed by atoms with Crippen molar-refractivity contribution in [3.8, 4) is 0 Å². The normalized spacial score (nSPS) is 21.5. The number of rotatable bonds is 9. The molecule has 9 nitrogen and oxygen atoms in total. The van der Waals surface area contributed by atoms with Crippen molar-refractivity contribution < 1.29 is 38.1 Å². The molecule has 0 spiro atoms. The van der Waals surface area contributed by atoms with Crippen molar-refractivity contribution in [2.45, 2.75) is 37.5 Å². The fourth-order valence-electron chi connectivity index (χ4n) is 5.67. The maximum absolute atomic E-state index is 13.8. The van der Waals surface area contributed by atoms with Gasteiger partial charge >= 0.3 is 24.0 Å². The molecule has 1 heterocycles. The lowest BCUT2D eigenvalue weighted by molar-refractivity contribution is -0.179. The quantitative estimate of drug-likeness (QED) is 0.210. The Labute approximate surface area is 221 Å². The van der Waals surface area contributed by atoms with Gasteiger partial charge in [0, 0.05) is 5.92 Å². The van der Waals surface area contributed by atoms with E-state index in [0.29, 0.717) is 18.4 Å². The van der Waals surface area contributed by atoms with Gasteiger partial charge in [0.1, 0.15) is 6.04 Å². The van der Waals surface area contributed by atoms with Crippen LogP contribution in [0.2, 0.25) is 0 Å². The Hall–Kier alpha value is -4.14. The van der Waals surface area contributed by atoms with Crippen LogP contribution in [0.3, 0.4) is 0 Å². The minimum Gasteiger partial charge on any atom is -0.469 e. The molecule has 1 aliphatic heterocycles. The summed E-state index contributed by atoms with van der Waals surface area (Å²) >= 11 is 0. The number of carbonyl (C=O) groups is 4. The van der Waals surface area contributed by atoms with Gasteiger partial charge < -0.3 is 18.9 Å². The summed E-state index contributed by atoms with van der Waals surface area (Å²) < 4.78 is 21.3. The molecular weight excluding hydrogens is 490 g/mol. The summed E-state index contributed by atoms with van der Waals surface area (Å²) in [5, 5.41) is 0. The van der Waals surface area contributed by atoms with E-state index >= 15 is 0 Å². The van der Waals surface area contributed by atoms with Gasteiger partial charge in [0.05, 0.1) is 33.8 Å². The average Bonchev–Trinajstić information content (AvgIpc) is 3.61. The first kappa shape index (κ1) is 26.9. The number of amides is 1. The number of hydrogen-bond donors (Lipinski definition) is 0. The van der Waals surface area contributed by atoms with Crippen molar-refractivity contribution in [3.05, 3.63) is 83.9 Å². The number of cyclic esters (lactones) is 1. The fraction of sp³-hybridized carbons (Fsp3) is 0.379. The number of benzene rings is 2. The molecule has 38 heavy (non-hydrogen) atoms. The highest BCUT2D eigenvalue weighted by molar-refractivity contribution is 6.03. The number of allylic oxidation sites excluding steroid dienone is 2. The van der Waals surface area contributed by atoms with Crippen molar-refractivity contribution in [2.75, 3.05) is 21.3 Å². The molecule has 0 N–H and O–H groups in total. The molecule has 2 aromatic rings. The molecule has 1 saturated heterocycles. The maximum atomic E-state index is 13.8. The summed E-state index contributed by atoms with van der Waals surface area (Å²) in [4.78, 5) is 55.3. The molecule has 1 amide bonds. The predicted octanol–water partition coefficient (Wildman–Crippen LogP) is 4.15. The number of ether oxygens (including phenoxy) is 4. The van der Waals surface area contributed by atoms with Crippen LogP contribution < -0.4 is 0 Å². The van der Waals surface area contributed by atoms with Crippen LogP contribution in [0.25, 0.3) is 0 Å². The molecule has 9 heteroatoms. The van der Waals surface area contributed by atoms with E-state index in [1.54, 1.807) is 6.08 Å². The van der Waals surface area contributed by atoms with E-state index in [0.717, 1.165) is 19.8 Å². The van der Waals surface area contributed by atoms with Crippen LogP contribution in [-0.4, -0.2) is 56.3 Å². The number of esters is 3. The molecular formula is C29H31NO8. The lowest BCUT2D eigenvalue weighted by Crippen LogP contribution is -2.61. The molecule has 0 bridgehead atoms. The van der Waals surface area contributed by atoms with E-state index in [1.165, 1.54) is 12.0 Å². The largest absolute Gasteiger partial charge is 0.469 e. The molecule has 4 rings (SSSR count). The van der Waals surface area contributed by atoms with E-state index < -0.39 is 59.9 Å². The highest BCUT2D eigenvalue weighted by Crippen LogP contribution is 2.51. The van der Waals surface area contributed by atoms with E-state index in [-0.39, 0.29) is 0 Å². The summed E-state index contributed by atoms with van der Waals surface area (Å²) in [6, 6.07) is 16.2. The van der Waals surface area contributed by atoms with Gasteiger partial charge in [0.15, 0.2) is 11.5 Å². The van der Waals surface area contributed by atoms with Gasteiger partial charge in [0.2, 0.25) is 0 Å². The molecule has 1 fully saturated rings. The molecule has 0 aromatic heterocycles. The molecule has 1 aliphatic carbocycles. The number of hydrogen-bond acceptors (Lipinski definition) is 8. The summed E-state index contributed by atoms with van der Waals surface area (Å²) in [7, 11) is 3.53. The van der Waals surface area contributed by atoms with Crippen LogP contribution in [0, 0.1) is 11.3 Å². The molecule has 4 atom stereocenters. The predicted molar refractivity (Wildman–Crippen MR) is 135 cm³/mol. The molecule has 0 saturated carbocycles. The monoisotopic (exact) mass is 521 g/mol. The third-order valence-corrected chi connectivity index (χ3v) is 7.39. The van der Waals surface area contributed by atoms with E-state index in [2.05, 4.69) is 0 Å². The first-order valence-electron chi connectivity index (χ1n) is 12.4. The topological polar surface area (TPSA) is 108 Å². The van der Waals surface area contributed by atoms with Gasteiger partial charge in [-0.3, -0.25) is 19.3 Å². The van der Waals surface area contributed by atoms with Crippen LogP contribution in [0.4, 0.5) is 4.79 Å². The Morgan fingerprint density at radius 1 is 0.921 bits per heavy atom.